The van der Waals surface area contributed by atoms with E-state index in [-0.39, 0.29) is 6.42 Å². The number of aliphatic hydroxyl groups is 1. The predicted molar refractivity (Wildman–Crippen MR) is 64.7 cm³/mol. The van der Waals surface area contributed by atoms with E-state index >= 15 is 0 Å². The van der Waals surface area contributed by atoms with Gasteiger partial charge in [0.15, 0.2) is 0 Å². The van der Waals surface area contributed by atoms with Crippen LogP contribution in [0, 0.1) is 11.3 Å². The van der Waals surface area contributed by atoms with E-state index in [1.165, 1.54) is 0 Å². The molecule has 1 unspecified atom stereocenters. The molecule has 1 aliphatic heterocycles. The van der Waals surface area contributed by atoms with Crippen molar-refractivity contribution in [1.82, 2.24) is 0 Å². The number of aliphatic hydroxyl groups excluding tert-OH is 1. The van der Waals surface area contributed by atoms with Crippen LogP contribution in [0.1, 0.15) is 18.1 Å². The Morgan fingerprint density at radius 1 is 1.35 bits per heavy atom. The first-order valence-corrected chi connectivity index (χ1v) is 5.79. The molecule has 0 spiro atoms. The first-order valence-electron chi connectivity index (χ1n) is 5.79. The molecule has 1 aliphatic rings. The number of nitriles is 1. The van der Waals surface area contributed by atoms with Crippen LogP contribution in [0.15, 0.2) is 24.3 Å². The number of nitrogens with zero attached hydrogens (tertiary/aromatic N) is 2. The molecule has 0 aliphatic carbocycles. The van der Waals surface area contributed by atoms with E-state index in [1.807, 2.05) is 30.3 Å². The van der Waals surface area contributed by atoms with Crippen molar-refractivity contribution in [2.24, 2.45) is 0 Å². The zero-order chi connectivity index (χ0) is 12.1. The number of rotatable bonds is 3. The van der Waals surface area contributed by atoms with Gasteiger partial charge in [0.05, 0.1) is 31.8 Å². The van der Waals surface area contributed by atoms with Gasteiger partial charge in [-0.3, -0.25) is 0 Å². The summed E-state index contributed by atoms with van der Waals surface area (Å²) in [6, 6.07) is 9.71. The minimum absolute atomic E-state index is 0.126. The number of hydrogen-bond acceptors (Lipinski definition) is 4. The summed E-state index contributed by atoms with van der Waals surface area (Å²) in [6.45, 7) is 3.08. The van der Waals surface area contributed by atoms with Crippen molar-refractivity contribution in [2.75, 3.05) is 31.2 Å². The summed E-state index contributed by atoms with van der Waals surface area (Å²) in [5, 5.41) is 18.6. The fourth-order valence-electron chi connectivity index (χ4n) is 2.06. The average Bonchev–Trinajstić information content (AvgIpc) is 2.40. The Morgan fingerprint density at radius 3 is 2.76 bits per heavy atom. The van der Waals surface area contributed by atoms with E-state index < -0.39 is 6.10 Å². The Hall–Kier alpha value is -1.57. The lowest BCUT2D eigenvalue weighted by molar-refractivity contribution is 0.122. The first kappa shape index (κ1) is 11.9. The lowest BCUT2D eigenvalue weighted by Crippen LogP contribution is -2.36. The molecule has 1 aromatic carbocycles. The van der Waals surface area contributed by atoms with Gasteiger partial charge in [0.25, 0.3) is 0 Å². The Kier molecular flexibility index (Phi) is 3.97. The maximum atomic E-state index is 9.95. The summed E-state index contributed by atoms with van der Waals surface area (Å²) < 4.78 is 5.31. The van der Waals surface area contributed by atoms with Crippen molar-refractivity contribution in [3.05, 3.63) is 29.8 Å². The molecule has 2 rings (SSSR count). The molecule has 1 fully saturated rings. The number of hydrogen-bond donors (Lipinski definition) is 1. The maximum absolute atomic E-state index is 9.95. The van der Waals surface area contributed by atoms with E-state index in [1.54, 1.807) is 0 Å². The van der Waals surface area contributed by atoms with Gasteiger partial charge in [-0.1, -0.05) is 18.2 Å². The van der Waals surface area contributed by atoms with Crippen LogP contribution in [0.3, 0.4) is 0 Å². The van der Waals surface area contributed by atoms with Crippen LogP contribution in [0.25, 0.3) is 0 Å². The number of ether oxygens (including phenoxy) is 1. The predicted octanol–water partition coefficient (Wildman–Crippen LogP) is 1.47. The van der Waals surface area contributed by atoms with Crippen LogP contribution in [0.4, 0.5) is 5.69 Å². The quantitative estimate of drug-likeness (QED) is 0.857. The second-order valence-corrected chi connectivity index (χ2v) is 4.04. The lowest BCUT2D eigenvalue weighted by atomic mass is 10.0. The van der Waals surface area contributed by atoms with Gasteiger partial charge in [-0.05, 0) is 6.07 Å². The zero-order valence-corrected chi connectivity index (χ0v) is 9.67. The molecular weight excluding hydrogens is 216 g/mol. The van der Waals surface area contributed by atoms with Crippen molar-refractivity contribution < 1.29 is 9.84 Å². The van der Waals surface area contributed by atoms with Gasteiger partial charge >= 0.3 is 0 Å². The largest absolute Gasteiger partial charge is 0.387 e. The molecule has 1 heterocycles. The topological polar surface area (TPSA) is 56.5 Å². The second-order valence-electron chi connectivity index (χ2n) is 4.04. The van der Waals surface area contributed by atoms with Gasteiger partial charge < -0.3 is 14.7 Å². The molecule has 0 aromatic heterocycles. The first-order chi connectivity index (χ1) is 8.33. The molecule has 0 saturated carbocycles. The molecule has 1 aromatic rings. The molecule has 0 bridgehead atoms. The lowest BCUT2D eigenvalue weighted by Gasteiger charge is -2.31. The number of anilines is 1. The van der Waals surface area contributed by atoms with E-state index in [2.05, 4.69) is 4.90 Å². The van der Waals surface area contributed by atoms with Crippen molar-refractivity contribution in [2.45, 2.75) is 12.5 Å². The molecule has 0 radical (unpaired) electrons. The summed E-state index contributed by atoms with van der Waals surface area (Å²) in [5.74, 6) is 0. The van der Waals surface area contributed by atoms with E-state index in [9.17, 15) is 5.11 Å². The summed E-state index contributed by atoms with van der Waals surface area (Å²) >= 11 is 0. The SMILES string of the molecule is N#CCC(O)c1ccccc1N1CCOCC1. The number of benzene rings is 1. The highest BCUT2D eigenvalue weighted by Gasteiger charge is 2.18. The summed E-state index contributed by atoms with van der Waals surface area (Å²) in [4.78, 5) is 2.19. The highest BCUT2D eigenvalue weighted by molar-refractivity contribution is 5.55. The third kappa shape index (κ3) is 2.76. The fraction of sp³-hybridized carbons (Fsp3) is 0.462. The van der Waals surface area contributed by atoms with Crippen LogP contribution >= 0.6 is 0 Å². The van der Waals surface area contributed by atoms with Crippen molar-refractivity contribution in [3.8, 4) is 6.07 Å². The highest BCUT2D eigenvalue weighted by atomic mass is 16.5. The molecule has 17 heavy (non-hydrogen) atoms. The van der Waals surface area contributed by atoms with Crippen molar-refractivity contribution in [3.63, 3.8) is 0 Å². The van der Waals surface area contributed by atoms with Crippen LogP contribution in [0.5, 0.6) is 0 Å². The summed E-state index contributed by atoms with van der Waals surface area (Å²) in [6.07, 6.45) is -0.583. The second kappa shape index (κ2) is 5.67. The molecule has 4 heteroatoms. The van der Waals surface area contributed by atoms with Crippen LogP contribution in [-0.2, 0) is 4.74 Å². The molecule has 0 amide bonds. The maximum Gasteiger partial charge on any atom is 0.0939 e. The van der Waals surface area contributed by atoms with Gasteiger partial charge in [-0.25, -0.2) is 0 Å². The third-order valence-corrected chi connectivity index (χ3v) is 2.93. The molecule has 1 atom stereocenters. The minimum atomic E-state index is -0.709. The Balaban J connectivity index is 2.23. The van der Waals surface area contributed by atoms with E-state index in [4.69, 9.17) is 10.00 Å². The Morgan fingerprint density at radius 2 is 2.06 bits per heavy atom. The summed E-state index contributed by atoms with van der Waals surface area (Å²) in [5.41, 5.74) is 1.84. The standard InChI is InChI=1S/C13H16N2O2/c14-6-5-13(16)11-3-1-2-4-12(11)15-7-9-17-10-8-15/h1-4,13,16H,5,7-10H2. The molecular formula is C13H16N2O2. The third-order valence-electron chi connectivity index (χ3n) is 2.93. The minimum Gasteiger partial charge on any atom is -0.387 e. The number of morpholine rings is 1. The van der Waals surface area contributed by atoms with Gasteiger partial charge in [0.2, 0.25) is 0 Å². The molecule has 1 N–H and O–H groups in total. The number of para-hydroxylation sites is 1. The van der Waals surface area contributed by atoms with E-state index in [0.717, 1.165) is 24.3 Å². The smallest absolute Gasteiger partial charge is 0.0939 e. The van der Waals surface area contributed by atoms with E-state index in [0.29, 0.717) is 13.2 Å². The van der Waals surface area contributed by atoms with Gasteiger partial charge in [-0.2, -0.15) is 5.26 Å². The van der Waals surface area contributed by atoms with Crippen molar-refractivity contribution in [1.29, 1.82) is 5.26 Å². The van der Waals surface area contributed by atoms with Gasteiger partial charge in [-0.15, -0.1) is 0 Å². The molecule has 90 valence electrons. The Labute approximate surface area is 101 Å². The van der Waals surface area contributed by atoms with Crippen LogP contribution in [0.2, 0.25) is 0 Å². The monoisotopic (exact) mass is 232 g/mol. The average molecular weight is 232 g/mol. The summed E-state index contributed by atoms with van der Waals surface area (Å²) in [7, 11) is 0. The fourth-order valence-corrected chi connectivity index (χ4v) is 2.06. The normalized spacial score (nSPS) is 17.5. The molecule has 1 saturated heterocycles. The highest BCUT2D eigenvalue weighted by Crippen LogP contribution is 2.28. The van der Waals surface area contributed by atoms with Crippen LogP contribution < -0.4 is 4.90 Å². The Bertz CT molecular complexity index is 408. The molecule has 4 nitrogen and oxygen atoms in total. The van der Waals surface area contributed by atoms with Gasteiger partial charge in [0, 0.05) is 24.3 Å². The van der Waals surface area contributed by atoms with Crippen molar-refractivity contribution >= 4 is 5.69 Å². The zero-order valence-electron chi connectivity index (χ0n) is 9.67. The van der Waals surface area contributed by atoms with Crippen LogP contribution in [-0.4, -0.2) is 31.4 Å². The van der Waals surface area contributed by atoms with Gasteiger partial charge in [0.1, 0.15) is 0 Å².